The van der Waals surface area contributed by atoms with Gasteiger partial charge in [-0.1, -0.05) is 5.16 Å². The lowest BCUT2D eigenvalue weighted by Crippen LogP contribution is -2.35. The maximum absolute atomic E-state index is 13.1. The molecule has 1 aromatic rings. The lowest BCUT2D eigenvalue weighted by molar-refractivity contribution is 0.0941. The number of hydrogen-bond acceptors (Lipinski definition) is 3. The molecule has 0 fully saturated rings. The molecule has 4 N–H and O–H groups in total. The van der Waals surface area contributed by atoms with Crippen molar-refractivity contribution in [2.45, 2.75) is 26.3 Å². The predicted molar refractivity (Wildman–Crippen MR) is 66.1 cm³/mol. The molecule has 1 aromatic carbocycles. The zero-order valence-electron chi connectivity index (χ0n) is 10.3. The molecule has 0 aliphatic rings. The van der Waals surface area contributed by atoms with Crippen molar-refractivity contribution in [3.8, 4) is 0 Å². The number of oxime groups is 1. The minimum Gasteiger partial charge on any atom is -0.409 e. The van der Waals surface area contributed by atoms with Crippen molar-refractivity contribution in [2.75, 3.05) is 0 Å². The molecule has 0 heterocycles. The molecule has 0 aliphatic carbocycles. The van der Waals surface area contributed by atoms with E-state index in [9.17, 15) is 9.18 Å². The van der Waals surface area contributed by atoms with Crippen molar-refractivity contribution >= 4 is 11.7 Å². The highest BCUT2D eigenvalue weighted by Crippen LogP contribution is 2.09. The molecule has 98 valence electrons. The van der Waals surface area contributed by atoms with Gasteiger partial charge < -0.3 is 16.3 Å². The van der Waals surface area contributed by atoms with Crippen LogP contribution < -0.4 is 11.1 Å². The third kappa shape index (κ3) is 3.73. The summed E-state index contributed by atoms with van der Waals surface area (Å²) < 4.78 is 13.1. The highest BCUT2D eigenvalue weighted by Gasteiger charge is 2.12. The van der Waals surface area contributed by atoms with E-state index in [0.29, 0.717) is 11.1 Å². The number of amides is 1. The number of carbonyl (C=O) groups is 1. The van der Waals surface area contributed by atoms with Gasteiger partial charge in [-0.25, -0.2) is 4.39 Å². The van der Waals surface area contributed by atoms with Gasteiger partial charge in [0.05, 0.1) is 0 Å². The van der Waals surface area contributed by atoms with E-state index < -0.39 is 0 Å². The first-order chi connectivity index (χ1) is 8.43. The lowest BCUT2D eigenvalue weighted by atomic mass is 10.1. The summed E-state index contributed by atoms with van der Waals surface area (Å²) in [6.07, 6.45) is 0.239. The Balaban J connectivity index is 2.67. The van der Waals surface area contributed by atoms with E-state index in [2.05, 4.69) is 10.5 Å². The van der Waals surface area contributed by atoms with Gasteiger partial charge in [-0.3, -0.25) is 4.79 Å². The van der Waals surface area contributed by atoms with Crippen LogP contribution in [-0.2, 0) is 0 Å². The van der Waals surface area contributed by atoms with Gasteiger partial charge in [0.1, 0.15) is 11.7 Å². The number of rotatable bonds is 4. The van der Waals surface area contributed by atoms with Gasteiger partial charge >= 0.3 is 0 Å². The number of halogens is 1. The summed E-state index contributed by atoms with van der Waals surface area (Å²) in [4.78, 5) is 11.8. The number of amidine groups is 1. The standard InChI is InChI=1S/C12H16FN3O2/c1-7-5-9(3-4-10(7)13)12(17)15-8(2)6-11(14)16-18/h3-5,8,18H,6H2,1-2H3,(H2,14,16)(H,15,17). The van der Waals surface area contributed by atoms with Gasteiger partial charge in [0.25, 0.3) is 5.91 Å². The predicted octanol–water partition coefficient (Wildman–Crippen LogP) is 1.39. The second-order valence-corrected chi connectivity index (χ2v) is 4.13. The minimum atomic E-state index is -0.351. The number of nitrogens with zero attached hydrogens (tertiary/aromatic N) is 1. The monoisotopic (exact) mass is 253 g/mol. The summed E-state index contributed by atoms with van der Waals surface area (Å²) in [5, 5.41) is 13.9. The first-order valence-corrected chi connectivity index (χ1v) is 5.47. The molecule has 1 atom stereocenters. The number of carbonyl (C=O) groups excluding carboxylic acids is 1. The van der Waals surface area contributed by atoms with Crippen molar-refractivity contribution in [3.63, 3.8) is 0 Å². The topological polar surface area (TPSA) is 87.7 Å². The molecule has 0 saturated heterocycles. The van der Waals surface area contributed by atoms with E-state index in [1.165, 1.54) is 18.2 Å². The van der Waals surface area contributed by atoms with Crippen LogP contribution >= 0.6 is 0 Å². The SMILES string of the molecule is Cc1cc(C(=O)NC(C)CC(N)=NO)ccc1F. The molecule has 0 aromatic heterocycles. The fourth-order valence-corrected chi connectivity index (χ4v) is 1.50. The molecular formula is C12H16FN3O2. The van der Waals surface area contributed by atoms with E-state index in [1.54, 1.807) is 13.8 Å². The third-order valence-corrected chi connectivity index (χ3v) is 2.44. The van der Waals surface area contributed by atoms with Crippen molar-refractivity contribution in [1.29, 1.82) is 0 Å². The van der Waals surface area contributed by atoms with Gasteiger partial charge in [0.15, 0.2) is 0 Å². The molecular weight excluding hydrogens is 237 g/mol. The van der Waals surface area contributed by atoms with Gasteiger partial charge in [-0.15, -0.1) is 0 Å². The quantitative estimate of drug-likeness (QED) is 0.328. The average Bonchev–Trinajstić information content (AvgIpc) is 2.32. The van der Waals surface area contributed by atoms with Crippen LogP contribution in [0.5, 0.6) is 0 Å². The summed E-state index contributed by atoms with van der Waals surface area (Å²) in [6, 6.07) is 3.85. The Morgan fingerprint density at radius 2 is 2.28 bits per heavy atom. The summed E-state index contributed by atoms with van der Waals surface area (Å²) in [6.45, 7) is 3.32. The Morgan fingerprint density at radius 3 is 2.83 bits per heavy atom. The Labute approximate surface area is 104 Å². The second-order valence-electron chi connectivity index (χ2n) is 4.13. The van der Waals surface area contributed by atoms with Gasteiger partial charge in [-0.05, 0) is 37.6 Å². The van der Waals surface area contributed by atoms with Crippen LogP contribution in [0.1, 0.15) is 29.3 Å². The van der Waals surface area contributed by atoms with Gasteiger partial charge in [0, 0.05) is 18.0 Å². The Kier molecular flexibility index (Phi) is 4.65. The van der Waals surface area contributed by atoms with Crippen LogP contribution in [0.4, 0.5) is 4.39 Å². The maximum Gasteiger partial charge on any atom is 0.251 e. The number of hydrogen-bond donors (Lipinski definition) is 3. The normalized spacial score (nSPS) is 13.2. The Morgan fingerprint density at radius 1 is 1.61 bits per heavy atom. The van der Waals surface area contributed by atoms with E-state index in [4.69, 9.17) is 10.9 Å². The van der Waals surface area contributed by atoms with Crippen molar-refractivity contribution in [2.24, 2.45) is 10.9 Å². The number of aryl methyl sites for hydroxylation is 1. The van der Waals surface area contributed by atoms with E-state index in [1.807, 2.05) is 0 Å². The van der Waals surface area contributed by atoms with Crippen LogP contribution in [0.15, 0.2) is 23.4 Å². The summed E-state index contributed by atoms with van der Waals surface area (Å²) in [5.74, 6) is -0.634. The average molecular weight is 253 g/mol. The smallest absolute Gasteiger partial charge is 0.251 e. The zero-order chi connectivity index (χ0) is 13.7. The molecule has 1 unspecified atom stereocenters. The van der Waals surface area contributed by atoms with Crippen molar-refractivity contribution < 1.29 is 14.4 Å². The van der Waals surface area contributed by atoms with E-state index in [0.717, 1.165) is 0 Å². The van der Waals surface area contributed by atoms with Crippen LogP contribution in [-0.4, -0.2) is 23.0 Å². The minimum absolute atomic E-state index is 0.0399. The van der Waals surface area contributed by atoms with Crippen LogP contribution in [0, 0.1) is 12.7 Å². The fraction of sp³-hybridized carbons (Fsp3) is 0.333. The van der Waals surface area contributed by atoms with E-state index >= 15 is 0 Å². The number of benzene rings is 1. The molecule has 0 aliphatic heterocycles. The number of nitrogens with two attached hydrogens (primary N) is 1. The summed E-state index contributed by atoms with van der Waals surface area (Å²) in [5.41, 5.74) is 6.12. The summed E-state index contributed by atoms with van der Waals surface area (Å²) in [7, 11) is 0. The van der Waals surface area contributed by atoms with Gasteiger partial charge in [-0.2, -0.15) is 0 Å². The highest BCUT2D eigenvalue weighted by atomic mass is 19.1. The maximum atomic E-state index is 13.1. The highest BCUT2D eigenvalue weighted by molar-refractivity contribution is 5.95. The molecule has 0 spiro atoms. The summed E-state index contributed by atoms with van der Waals surface area (Å²) >= 11 is 0. The Hall–Kier alpha value is -2.11. The zero-order valence-corrected chi connectivity index (χ0v) is 10.3. The van der Waals surface area contributed by atoms with Gasteiger partial charge in [0.2, 0.25) is 0 Å². The Bertz CT molecular complexity index is 474. The lowest BCUT2D eigenvalue weighted by Gasteiger charge is -2.13. The molecule has 1 rings (SSSR count). The molecule has 0 saturated carbocycles. The van der Waals surface area contributed by atoms with Crippen LogP contribution in [0.3, 0.4) is 0 Å². The first kappa shape index (κ1) is 14.0. The fourth-order valence-electron chi connectivity index (χ4n) is 1.50. The molecule has 5 nitrogen and oxygen atoms in total. The van der Waals surface area contributed by atoms with Crippen LogP contribution in [0.25, 0.3) is 0 Å². The number of nitrogens with one attached hydrogen (secondary N) is 1. The second kappa shape index (κ2) is 6.00. The first-order valence-electron chi connectivity index (χ1n) is 5.47. The molecule has 0 bridgehead atoms. The largest absolute Gasteiger partial charge is 0.409 e. The van der Waals surface area contributed by atoms with E-state index in [-0.39, 0.29) is 30.0 Å². The molecule has 18 heavy (non-hydrogen) atoms. The van der Waals surface area contributed by atoms with Crippen LogP contribution in [0.2, 0.25) is 0 Å². The molecule has 1 amide bonds. The molecule has 0 radical (unpaired) electrons. The van der Waals surface area contributed by atoms with Crippen molar-refractivity contribution in [3.05, 3.63) is 35.1 Å². The molecule has 6 heteroatoms. The van der Waals surface area contributed by atoms with Crippen molar-refractivity contribution in [1.82, 2.24) is 5.32 Å². The third-order valence-electron chi connectivity index (χ3n) is 2.44.